The van der Waals surface area contributed by atoms with Gasteiger partial charge < -0.3 is 4.98 Å². The molecule has 3 aromatic heterocycles. The second-order valence-corrected chi connectivity index (χ2v) is 21.5. The van der Waals surface area contributed by atoms with Crippen LogP contribution >= 0.6 is 11.3 Å². The van der Waals surface area contributed by atoms with Crippen LogP contribution < -0.4 is 4.40 Å². The number of thiophene rings is 1. The molecule has 0 saturated heterocycles. The van der Waals surface area contributed by atoms with E-state index in [1.165, 1.54) is 10.5 Å². The molecule has 0 fully saturated rings. The summed E-state index contributed by atoms with van der Waals surface area (Å²) in [7, 11) is 0. The summed E-state index contributed by atoms with van der Waals surface area (Å²) < 4.78 is 49.6. The summed E-state index contributed by atoms with van der Waals surface area (Å²) in [6.45, 7) is -5.09. The van der Waals surface area contributed by atoms with Crippen LogP contribution in [0, 0.1) is 25.8 Å². The second kappa shape index (κ2) is 12.0. The topological polar surface area (TPSA) is 25.8 Å². The number of benzene rings is 3. The van der Waals surface area contributed by atoms with E-state index in [-0.39, 0.29) is 31.2 Å². The number of aryl methyl sites for hydroxylation is 2. The molecule has 3 heterocycles. The molecule has 0 amide bonds. The van der Waals surface area contributed by atoms with Crippen molar-refractivity contribution in [3.05, 3.63) is 115 Å². The maximum Gasteiger partial charge on any atom is 0 e. The molecule has 0 atom stereocenters. The van der Waals surface area contributed by atoms with Gasteiger partial charge in [-0.05, 0) is 41.1 Å². The maximum atomic E-state index is 7.75. The van der Waals surface area contributed by atoms with Gasteiger partial charge in [-0.1, -0.05) is 35.2 Å². The molecule has 0 saturated carbocycles. The quantitative estimate of drug-likeness (QED) is 0.134. The van der Waals surface area contributed by atoms with E-state index >= 15 is 0 Å². The molecule has 0 bridgehead atoms. The second-order valence-electron chi connectivity index (χ2n) is 9.77. The molecule has 5 heteroatoms. The first kappa shape index (κ1) is 21.2. The number of fused-ring (bicyclic) bond motifs is 3. The van der Waals surface area contributed by atoms with E-state index in [0.717, 1.165) is 37.6 Å². The summed E-state index contributed by atoms with van der Waals surface area (Å²) in [6.07, 6.45) is 3.19. The fourth-order valence-corrected chi connectivity index (χ4v) is 7.40. The standard InChI is InChI=1S/C19H14NS.C14H16GeN.Ir/c1-12-10-17(20-11-13(12)2)16-8-5-7-15-14-6-3-4-9-18(14)21-19(15)16;1-15(2,3)13-9-10-14(16-11-13)12-7-5-4-6-8-12;/h3-7,9-11H,1-2H3;4-7,9-11H,1-3H3;/q2*-1;/i1D3,2D3;;. The predicted molar refractivity (Wildman–Crippen MR) is 162 cm³/mol. The third-order valence-corrected chi connectivity index (χ3v) is 11.6. The van der Waals surface area contributed by atoms with Gasteiger partial charge >= 0.3 is 99.8 Å². The minimum Gasteiger partial charge on any atom is 0 e. The van der Waals surface area contributed by atoms with Crippen LogP contribution in [-0.2, 0) is 20.1 Å². The van der Waals surface area contributed by atoms with Crippen LogP contribution in [0.5, 0.6) is 0 Å². The van der Waals surface area contributed by atoms with Crippen molar-refractivity contribution in [1.82, 2.24) is 9.97 Å². The normalized spacial score (nSPS) is 14.1. The molecule has 38 heavy (non-hydrogen) atoms. The van der Waals surface area contributed by atoms with Crippen molar-refractivity contribution in [3.63, 3.8) is 0 Å². The van der Waals surface area contributed by atoms with Gasteiger partial charge in [0.25, 0.3) is 0 Å². The van der Waals surface area contributed by atoms with Crippen LogP contribution in [-0.4, -0.2) is 23.2 Å². The fourth-order valence-electron chi connectivity index (χ4n) is 4.02. The van der Waals surface area contributed by atoms with E-state index in [2.05, 4.69) is 51.5 Å². The van der Waals surface area contributed by atoms with Gasteiger partial charge in [-0.2, -0.15) is 11.3 Å². The Hall–Kier alpha value is -2.63. The van der Waals surface area contributed by atoms with E-state index in [0.29, 0.717) is 11.3 Å². The van der Waals surface area contributed by atoms with Crippen molar-refractivity contribution in [2.24, 2.45) is 0 Å². The molecule has 193 valence electrons. The van der Waals surface area contributed by atoms with Crippen LogP contribution in [0.2, 0.25) is 17.3 Å². The third-order valence-electron chi connectivity index (χ3n) is 6.11. The Bertz CT molecular complexity index is 1880. The van der Waals surface area contributed by atoms with Crippen LogP contribution in [0.1, 0.15) is 19.4 Å². The first-order valence-corrected chi connectivity index (χ1v) is 20.2. The molecule has 0 aliphatic carbocycles. The van der Waals surface area contributed by atoms with Gasteiger partial charge in [-0.15, -0.1) is 23.8 Å². The smallest absolute Gasteiger partial charge is 0 e. The van der Waals surface area contributed by atoms with E-state index in [1.807, 2.05) is 60.8 Å². The number of hydrogen-bond donors (Lipinski definition) is 0. The van der Waals surface area contributed by atoms with Gasteiger partial charge in [0.05, 0.1) is 0 Å². The minimum atomic E-state index is -2.55. The Kier molecular flexibility index (Phi) is 6.73. The van der Waals surface area contributed by atoms with E-state index < -0.39 is 27.0 Å². The van der Waals surface area contributed by atoms with Crippen molar-refractivity contribution in [2.45, 2.75) is 31.0 Å². The number of nitrogens with zero attached hydrogens (tertiary/aromatic N) is 2. The van der Waals surface area contributed by atoms with Crippen molar-refractivity contribution in [2.75, 3.05) is 0 Å². The molecule has 6 aromatic rings. The van der Waals surface area contributed by atoms with E-state index in [1.54, 1.807) is 17.4 Å². The number of hydrogen-bond acceptors (Lipinski definition) is 3. The molecular formula is C33H30GeIrN2S-2. The van der Waals surface area contributed by atoms with Gasteiger partial charge in [0.2, 0.25) is 0 Å². The maximum absolute atomic E-state index is 7.75. The van der Waals surface area contributed by atoms with Crippen LogP contribution in [0.25, 0.3) is 42.7 Å². The Morgan fingerprint density at radius 1 is 0.763 bits per heavy atom. The summed E-state index contributed by atoms with van der Waals surface area (Å²) in [5.41, 5.74) is 2.72. The molecule has 0 aliphatic rings. The van der Waals surface area contributed by atoms with Crippen molar-refractivity contribution >= 4 is 49.2 Å². The zero-order valence-electron chi connectivity index (χ0n) is 27.3. The van der Waals surface area contributed by atoms with E-state index in [9.17, 15) is 0 Å². The Morgan fingerprint density at radius 2 is 1.55 bits per heavy atom. The predicted octanol–water partition coefficient (Wildman–Crippen LogP) is 8.63. The SMILES string of the molecule is [2H]C([2H])([2H])c1cnc(-c2[c-]ccc3c2sc2ccccc23)cc1C([2H])([2H])[2H].[CH3][Ge]([CH3])([CH3])[c]1ccc(-c2[c-]cccc2)nc1.[Ir]. The van der Waals surface area contributed by atoms with Gasteiger partial charge in [0.15, 0.2) is 0 Å². The average molecular weight is 758 g/mol. The molecule has 0 aliphatic heterocycles. The summed E-state index contributed by atoms with van der Waals surface area (Å²) in [4.78, 5) is 8.81. The van der Waals surface area contributed by atoms with Gasteiger partial charge in [0, 0.05) is 39.2 Å². The van der Waals surface area contributed by atoms with Gasteiger partial charge in [-0.3, -0.25) is 0 Å². The first-order chi connectivity index (χ1) is 20.2. The Morgan fingerprint density at radius 3 is 2.26 bits per heavy atom. The average Bonchev–Trinajstić information content (AvgIpc) is 3.35. The van der Waals surface area contributed by atoms with Crippen molar-refractivity contribution in [1.29, 1.82) is 0 Å². The minimum absolute atomic E-state index is 0. The summed E-state index contributed by atoms with van der Waals surface area (Å²) in [5.74, 6) is 7.14. The van der Waals surface area contributed by atoms with Crippen molar-refractivity contribution < 1.29 is 28.3 Å². The molecule has 1 radical (unpaired) electrons. The Labute approximate surface area is 254 Å². The first-order valence-electron chi connectivity index (χ1n) is 15.0. The molecule has 0 N–H and O–H groups in total. The zero-order chi connectivity index (χ0) is 31.0. The molecule has 2 nitrogen and oxygen atoms in total. The molecule has 3 aromatic carbocycles. The molecular weight excluding hydrogens is 721 g/mol. The van der Waals surface area contributed by atoms with Gasteiger partial charge in [0.1, 0.15) is 0 Å². The summed E-state index contributed by atoms with van der Waals surface area (Å²) >= 11 is -0.133. The van der Waals surface area contributed by atoms with Crippen LogP contribution in [0.3, 0.4) is 0 Å². The largest absolute Gasteiger partial charge is 0 e. The third kappa shape index (κ3) is 6.16. The molecule has 6 rings (SSSR count). The Balaban J connectivity index is 0.000000223. The molecule has 0 unspecified atom stereocenters. The van der Waals surface area contributed by atoms with Gasteiger partial charge in [-0.25, -0.2) is 0 Å². The monoisotopic (exact) mass is 759 g/mol. The summed E-state index contributed by atoms with van der Waals surface area (Å²) in [6, 6.07) is 31.8. The molecule has 0 spiro atoms. The number of rotatable bonds is 3. The van der Waals surface area contributed by atoms with Crippen LogP contribution in [0.15, 0.2) is 91.3 Å². The van der Waals surface area contributed by atoms with E-state index in [4.69, 9.17) is 8.22 Å². The number of aromatic nitrogens is 2. The number of pyridine rings is 2. The van der Waals surface area contributed by atoms with Crippen molar-refractivity contribution in [3.8, 4) is 22.5 Å². The van der Waals surface area contributed by atoms with Crippen LogP contribution in [0.4, 0.5) is 0 Å². The summed E-state index contributed by atoms with van der Waals surface area (Å²) in [5, 5.41) is 2.16. The zero-order valence-corrected chi connectivity index (χ0v) is 26.6. The fraction of sp³-hybridized carbons (Fsp3) is 0.152.